The Kier molecular flexibility index (Phi) is 5.44. The predicted octanol–water partition coefficient (Wildman–Crippen LogP) is 3.80. The summed E-state index contributed by atoms with van der Waals surface area (Å²) in [5, 5.41) is 8.71. The molecule has 3 heterocycles. The van der Waals surface area contributed by atoms with Crippen molar-refractivity contribution in [3.63, 3.8) is 0 Å². The van der Waals surface area contributed by atoms with Gasteiger partial charge in [-0.3, -0.25) is 4.98 Å². The molecule has 0 spiro atoms. The highest BCUT2D eigenvalue weighted by Gasteiger charge is 2.18. The molecule has 4 rings (SSSR count). The Labute approximate surface area is 159 Å². The highest BCUT2D eigenvalue weighted by Crippen LogP contribution is 2.24. The second-order valence-corrected chi connectivity index (χ2v) is 6.83. The summed E-state index contributed by atoms with van der Waals surface area (Å²) < 4.78 is 13.6. The Bertz CT molecular complexity index is 856. The van der Waals surface area contributed by atoms with Crippen molar-refractivity contribution in [1.29, 1.82) is 0 Å². The summed E-state index contributed by atoms with van der Waals surface area (Å²) >= 11 is 0. The number of benzene rings is 1. The van der Waals surface area contributed by atoms with Gasteiger partial charge in [-0.15, -0.1) is 5.10 Å². The predicted molar refractivity (Wildman–Crippen MR) is 102 cm³/mol. The molecule has 1 aromatic carbocycles. The van der Waals surface area contributed by atoms with Gasteiger partial charge < -0.3 is 9.47 Å². The van der Waals surface area contributed by atoms with Gasteiger partial charge in [0.1, 0.15) is 18.1 Å². The fourth-order valence-electron chi connectivity index (χ4n) is 3.29. The van der Waals surface area contributed by atoms with E-state index in [1.165, 1.54) is 6.42 Å². The molecule has 6 heteroatoms. The van der Waals surface area contributed by atoms with Crippen molar-refractivity contribution in [1.82, 2.24) is 20.0 Å². The van der Waals surface area contributed by atoms with Crippen LogP contribution in [0, 0.1) is 6.92 Å². The van der Waals surface area contributed by atoms with E-state index in [0.29, 0.717) is 6.61 Å². The molecule has 0 saturated carbocycles. The van der Waals surface area contributed by atoms with Gasteiger partial charge in [-0.05, 0) is 62.6 Å². The standard InChI is InChI=1S/C21H24N4O2/c1-16-21(23-24-25(16)14-20-7-3-5-13-26-20)17-8-10-19(11-9-17)27-15-18-6-2-4-12-22-18/h2,4,6,8-12,20H,3,5,7,13-15H2,1H3. The van der Waals surface area contributed by atoms with Crippen LogP contribution in [0.4, 0.5) is 0 Å². The van der Waals surface area contributed by atoms with Crippen molar-refractivity contribution in [2.75, 3.05) is 6.61 Å². The van der Waals surface area contributed by atoms with E-state index in [4.69, 9.17) is 9.47 Å². The summed E-state index contributed by atoms with van der Waals surface area (Å²) in [4.78, 5) is 4.26. The highest BCUT2D eigenvalue weighted by atomic mass is 16.5. The van der Waals surface area contributed by atoms with Crippen LogP contribution >= 0.6 is 0 Å². The molecule has 1 saturated heterocycles. The summed E-state index contributed by atoms with van der Waals surface area (Å²) in [6.07, 6.45) is 5.50. The van der Waals surface area contributed by atoms with Crippen LogP contribution in [0.15, 0.2) is 48.7 Å². The zero-order chi connectivity index (χ0) is 18.5. The van der Waals surface area contributed by atoms with Gasteiger partial charge >= 0.3 is 0 Å². The summed E-state index contributed by atoms with van der Waals surface area (Å²) in [6.45, 7) is 4.13. The lowest BCUT2D eigenvalue weighted by atomic mass is 10.1. The summed E-state index contributed by atoms with van der Waals surface area (Å²) in [6, 6.07) is 13.8. The van der Waals surface area contributed by atoms with Crippen LogP contribution in [0.3, 0.4) is 0 Å². The van der Waals surface area contributed by atoms with E-state index < -0.39 is 0 Å². The van der Waals surface area contributed by atoms with Crippen molar-refractivity contribution in [2.45, 2.75) is 45.4 Å². The Morgan fingerprint density at radius 3 is 2.78 bits per heavy atom. The molecule has 140 valence electrons. The zero-order valence-electron chi connectivity index (χ0n) is 15.5. The van der Waals surface area contributed by atoms with Crippen LogP contribution in [0.5, 0.6) is 5.75 Å². The molecule has 0 N–H and O–H groups in total. The van der Waals surface area contributed by atoms with Gasteiger partial charge in [0.25, 0.3) is 0 Å². The Morgan fingerprint density at radius 2 is 2.04 bits per heavy atom. The van der Waals surface area contributed by atoms with E-state index in [1.807, 2.05) is 47.1 Å². The van der Waals surface area contributed by atoms with E-state index in [9.17, 15) is 0 Å². The second-order valence-electron chi connectivity index (χ2n) is 6.83. The van der Waals surface area contributed by atoms with Crippen LogP contribution < -0.4 is 4.74 Å². The Balaban J connectivity index is 1.41. The number of nitrogens with zero attached hydrogens (tertiary/aromatic N) is 4. The number of hydrogen-bond acceptors (Lipinski definition) is 5. The van der Waals surface area contributed by atoms with Crippen molar-refractivity contribution in [2.24, 2.45) is 0 Å². The van der Waals surface area contributed by atoms with Gasteiger partial charge in [-0.1, -0.05) is 11.3 Å². The molecule has 0 bridgehead atoms. The molecule has 1 aliphatic rings. The van der Waals surface area contributed by atoms with Gasteiger partial charge in [0, 0.05) is 18.4 Å². The molecular weight excluding hydrogens is 340 g/mol. The third kappa shape index (κ3) is 4.34. The van der Waals surface area contributed by atoms with Crippen LogP contribution in [0.25, 0.3) is 11.3 Å². The molecule has 1 fully saturated rings. The summed E-state index contributed by atoms with van der Waals surface area (Å²) in [7, 11) is 0. The highest BCUT2D eigenvalue weighted by molar-refractivity contribution is 5.61. The largest absolute Gasteiger partial charge is 0.487 e. The molecule has 3 aromatic rings. The quantitative estimate of drug-likeness (QED) is 0.666. The first kappa shape index (κ1) is 17.7. The van der Waals surface area contributed by atoms with Crippen molar-refractivity contribution < 1.29 is 9.47 Å². The van der Waals surface area contributed by atoms with Gasteiger partial charge in [0.2, 0.25) is 0 Å². The number of pyridine rings is 1. The molecule has 1 atom stereocenters. The topological polar surface area (TPSA) is 62.1 Å². The molecular formula is C21H24N4O2. The van der Waals surface area contributed by atoms with E-state index >= 15 is 0 Å². The smallest absolute Gasteiger partial charge is 0.130 e. The molecule has 27 heavy (non-hydrogen) atoms. The first-order chi connectivity index (χ1) is 13.3. The fourth-order valence-corrected chi connectivity index (χ4v) is 3.29. The maximum Gasteiger partial charge on any atom is 0.130 e. The average molecular weight is 364 g/mol. The number of ether oxygens (including phenoxy) is 2. The molecule has 0 aliphatic carbocycles. The van der Waals surface area contributed by atoms with Crippen molar-refractivity contribution in [3.8, 4) is 17.0 Å². The van der Waals surface area contributed by atoms with Gasteiger partial charge in [0.15, 0.2) is 0 Å². The first-order valence-electron chi connectivity index (χ1n) is 9.44. The third-order valence-corrected chi connectivity index (χ3v) is 4.87. The van der Waals surface area contributed by atoms with Crippen LogP contribution in [0.2, 0.25) is 0 Å². The third-order valence-electron chi connectivity index (χ3n) is 4.87. The summed E-state index contributed by atoms with van der Waals surface area (Å²) in [5.41, 5.74) is 3.91. The molecule has 0 radical (unpaired) electrons. The number of rotatable bonds is 6. The van der Waals surface area contributed by atoms with E-state index in [1.54, 1.807) is 6.20 Å². The molecule has 0 amide bonds. The number of aromatic nitrogens is 4. The Hall–Kier alpha value is -2.73. The van der Waals surface area contributed by atoms with Crippen LogP contribution in [-0.2, 0) is 17.9 Å². The zero-order valence-corrected chi connectivity index (χ0v) is 15.5. The Morgan fingerprint density at radius 1 is 1.15 bits per heavy atom. The lowest BCUT2D eigenvalue weighted by molar-refractivity contribution is 0.00337. The molecule has 1 aliphatic heterocycles. The minimum Gasteiger partial charge on any atom is -0.487 e. The summed E-state index contributed by atoms with van der Waals surface area (Å²) in [5.74, 6) is 0.810. The fraction of sp³-hybridized carbons (Fsp3) is 0.381. The van der Waals surface area contributed by atoms with E-state index in [-0.39, 0.29) is 6.10 Å². The normalized spacial score (nSPS) is 17.0. The van der Waals surface area contributed by atoms with Crippen molar-refractivity contribution in [3.05, 3.63) is 60.0 Å². The van der Waals surface area contributed by atoms with Gasteiger partial charge in [-0.25, -0.2) is 4.68 Å². The van der Waals surface area contributed by atoms with E-state index in [0.717, 1.165) is 54.4 Å². The van der Waals surface area contributed by atoms with Gasteiger partial charge in [0.05, 0.1) is 24.0 Å². The minimum absolute atomic E-state index is 0.245. The van der Waals surface area contributed by atoms with Crippen LogP contribution in [-0.4, -0.2) is 32.7 Å². The lowest BCUT2D eigenvalue weighted by Gasteiger charge is -2.22. The first-order valence-corrected chi connectivity index (χ1v) is 9.44. The maximum absolute atomic E-state index is 5.82. The molecule has 1 unspecified atom stereocenters. The molecule has 2 aromatic heterocycles. The lowest BCUT2D eigenvalue weighted by Crippen LogP contribution is -2.25. The van der Waals surface area contributed by atoms with Gasteiger partial charge in [-0.2, -0.15) is 0 Å². The van der Waals surface area contributed by atoms with Crippen molar-refractivity contribution >= 4 is 0 Å². The maximum atomic E-state index is 5.82. The second kappa shape index (κ2) is 8.31. The van der Waals surface area contributed by atoms with E-state index in [2.05, 4.69) is 22.2 Å². The average Bonchev–Trinajstić information content (AvgIpc) is 3.09. The molecule has 6 nitrogen and oxygen atoms in total. The minimum atomic E-state index is 0.245. The number of hydrogen-bond donors (Lipinski definition) is 0. The van der Waals surface area contributed by atoms with Crippen LogP contribution in [0.1, 0.15) is 30.7 Å². The SMILES string of the molecule is Cc1c(-c2ccc(OCc3ccccn3)cc2)nnn1CC1CCCCO1. The monoisotopic (exact) mass is 364 g/mol.